The van der Waals surface area contributed by atoms with Gasteiger partial charge < -0.3 is 10.6 Å². The molecule has 2 aromatic rings. The number of nitrogens with zero attached hydrogens (tertiary/aromatic N) is 2. The first-order valence-corrected chi connectivity index (χ1v) is 7.09. The number of fused-ring (bicyclic) bond motifs is 1. The van der Waals surface area contributed by atoms with Gasteiger partial charge in [0.05, 0.1) is 6.54 Å². The van der Waals surface area contributed by atoms with Crippen molar-refractivity contribution in [2.24, 2.45) is 0 Å². The topological polar surface area (TPSA) is 42.2 Å². The highest BCUT2D eigenvalue weighted by atomic mass is 35.5. The first-order chi connectivity index (χ1) is 8.72. The summed E-state index contributed by atoms with van der Waals surface area (Å²) < 4.78 is 0. The molecule has 1 aliphatic heterocycles. The maximum atomic E-state index is 5.69. The van der Waals surface area contributed by atoms with Crippen molar-refractivity contribution < 1.29 is 0 Å². The summed E-state index contributed by atoms with van der Waals surface area (Å²) in [5, 5.41) is 0.659. The normalized spacial score (nSPS) is 13.8. The van der Waals surface area contributed by atoms with Crippen LogP contribution in [-0.4, -0.2) is 11.5 Å². The molecule has 0 spiro atoms. The lowest BCUT2D eigenvalue weighted by Gasteiger charge is -2.31. The zero-order valence-corrected chi connectivity index (χ0v) is 12.6. The zero-order chi connectivity index (χ0) is 12.5. The van der Waals surface area contributed by atoms with Crippen LogP contribution < -0.4 is 10.6 Å². The number of nitrogens with two attached hydrogens (primary N) is 1. The van der Waals surface area contributed by atoms with E-state index in [1.54, 1.807) is 11.3 Å². The highest BCUT2D eigenvalue weighted by Crippen LogP contribution is 2.30. The van der Waals surface area contributed by atoms with E-state index in [1.165, 1.54) is 34.5 Å². The van der Waals surface area contributed by atoms with Gasteiger partial charge in [-0.25, -0.2) is 4.98 Å². The maximum absolute atomic E-state index is 5.69. The van der Waals surface area contributed by atoms with Gasteiger partial charge in [-0.15, -0.1) is 23.7 Å². The van der Waals surface area contributed by atoms with Gasteiger partial charge in [0.15, 0.2) is 5.13 Å². The lowest BCUT2D eigenvalue weighted by atomic mass is 10.00. The van der Waals surface area contributed by atoms with Crippen molar-refractivity contribution in [3.8, 4) is 0 Å². The van der Waals surface area contributed by atoms with Gasteiger partial charge in [-0.1, -0.05) is 12.1 Å². The van der Waals surface area contributed by atoms with Gasteiger partial charge in [-0.2, -0.15) is 0 Å². The van der Waals surface area contributed by atoms with E-state index in [0.717, 1.165) is 13.1 Å². The molecule has 1 aliphatic rings. The Kier molecular flexibility index (Phi) is 4.32. The largest absolute Gasteiger partial charge is 0.375 e. The van der Waals surface area contributed by atoms with E-state index in [4.69, 9.17) is 5.73 Å². The molecule has 3 nitrogen and oxygen atoms in total. The number of hydrogen-bond acceptors (Lipinski definition) is 4. The molecule has 0 radical (unpaired) electrons. The Morgan fingerprint density at radius 3 is 3.00 bits per heavy atom. The molecule has 0 saturated carbocycles. The van der Waals surface area contributed by atoms with Crippen molar-refractivity contribution >= 4 is 34.6 Å². The van der Waals surface area contributed by atoms with Gasteiger partial charge in [0, 0.05) is 23.3 Å². The van der Waals surface area contributed by atoms with Gasteiger partial charge in [0.25, 0.3) is 0 Å². The number of hydrogen-bond donors (Lipinski definition) is 1. The van der Waals surface area contributed by atoms with Crippen molar-refractivity contribution in [1.82, 2.24) is 4.98 Å². The van der Waals surface area contributed by atoms with Gasteiger partial charge in [0.1, 0.15) is 0 Å². The van der Waals surface area contributed by atoms with Crippen LogP contribution in [0, 0.1) is 6.92 Å². The fraction of sp³-hybridized carbons (Fsp3) is 0.357. The third-order valence-electron chi connectivity index (χ3n) is 3.37. The van der Waals surface area contributed by atoms with E-state index in [0.29, 0.717) is 5.13 Å². The molecule has 1 aromatic heterocycles. The molecule has 19 heavy (non-hydrogen) atoms. The van der Waals surface area contributed by atoms with Crippen LogP contribution in [0.3, 0.4) is 0 Å². The zero-order valence-electron chi connectivity index (χ0n) is 10.9. The van der Waals surface area contributed by atoms with Gasteiger partial charge in [-0.3, -0.25) is 0 Å². The second-order valence-electron chi connectivity index (χ2n) is 4.82. The standard InChI is InChI=1S/C14H17N3S.ClH/c1-10-4-5-11-3-2-6-17(13(11)7-10)9-12-8-16-14(15)18-12;/h4-5,7-8H,2-3,6,9H2,1H3,(H2,15,16);1H. The summed E-state index contributed by atoms with van der Waals surface area (Å²) in [6.07, 6.45) is 4.31. The summed E-state index contributed by atoms with van der Waals surface area (Å²) in [4.78, 5) is 7.81. The van der Waals surface area contributed by atoms with Crippen molar-refractivity contribution in [3.05, 3.63) is 40.4 Å². The summed E-state index contributed by atoms with van der Waals surface area (Å²) in [6.45, 7) is 4.19. The van der Waals surface area contributed by atoms with Crippen molar-refractivity contribution in [2.45, 2.75) is 26.3 Å². The summed E-state index contributed by atoms with van der Waals surface area (Å²) >= 11 is 1.59. The fourth-order valence-electron chi connectivity index (χ4n) is 2.51. The number of aromatic nitrogens is 1. The number of halogens is 1. The monoisotopic (exact) mass is 295 g/mol. The van der Waals surface area contributed by atoms with E-state index >= 15 is 0 Å². The molecule has 0 unspecified atom stereocenters. The van der Waals surface area contributed by atoms with Crippen LogP contribution in [0.25, 0.3) is 0 Å². The van der Waals surface area contributed by atoms with E-state index in [9.17, 15) is 0 Å². The SMILES string of the molecule is Cc1ccc2c(c1)N(Cc1cnc(N)s1)CCC2.Cl. The van der Waals surface area contributed by atoms with Crippen LogP contribution in [0.15, 0.2) is 24.4 Å². The molecule has 0 amide bonds. The highest BCUT2D eigenvalue weighted by Gasteiger charge is 2.17. The molecule has 0 fully saturated rings. The average molecular weight is 296 g/mol. The smallest absolute Gasteiger partial charge is 0.180 e. The van der Waals surface area contributed by atoms with Crippen molar-refractivity contribution in [1.29, 1.82) is 0 Å². The van der Waals surface area contributed by atoms with Crippen LogP contribution in [-0.2, 0) is 13.0 Å². The first kappa shape index (κ1) is 14.2. The van der Waals surface area contributed by atoms with Crippen LogP contribution in [0.4, 0.5) is 10.8 Å². The van der Waals surface area contributed by atoms with Gasteiger partial charge in [-0.05, 0) is 37.0 Å². The summed E-state index contributed by atoms with van der Waals surface area (Å²) in [6, 6.07) is 6.75. The maximum Gasteiger partial charge on any atom is 0.180 e. The second-order valence-corrected chi connectivity index (χ2v) is 5.97. The number of rotatable bonds is 2. The molecule has 0 aliphatic carbocycles. The minimum atomic E-state index is 0. The van der Waals surface area contributed by atoms with Crippen molar-refractivity contribution in [2.75, 3.05) is 17.2 Å². The minimum absolute atomic E-state index is 0. The molecule has 0 bridgehead atoms. The Labute approximate surface area is 123 Å². The number of aryl methyl sites for hydroxylation is 2. The quantitative estimate of drug-likeness (QED) is 0.923. The fourth-order valence-corrected chi connectivity index (χ4v) is 3.21. The molecule has 5 heteroatoms. The van der Waals surface area contributed by atoms with E-state index in [-0.39, 0.29) is 12.4 Å². The summed E-state index contributed by atoms with van der Waals surface area (Å²) in [5.41, 5.74) is 9.86. The molecule has 0 atom stereocenters. The Morgan fingerprint density at radius 2 is 2.26 bits per heavy atom. The average Bonchev–Trinajstić information content (AvgIpc) is 2.76. The number of benzene rings is 1. The lowest BCUT2D eigenvalue weighted by molar-refractivity contribution is 0.694. The molecule has 2 heterocycles. The summed E-state index contributed by atoms with van der Waals surface area (Å²) in [7, 11) is 0. The number of nitrogen functional groups attached to an aromatic ring is 1. The van der Waals surface area contributed by atoms with E-state index in [2.05, 4.69) is 35.0 Å². The number of anilines is 2. The highest BCUT2D eigenvalue weighted by molar-refractivity contribution is 7.15. The first-order valence-electron chi connectivity index (χ1n) is 6.27. The predicted octanol–water partition coefficient (Wildman–Crippen LogP) is 3.41. The Morgan fingerprint density at radius 1 is 1.42 bits per heavy atom. The van der Waals surface area contributed by atoms with Crippen LogP contribution in [0.2, 0.25) is 0 Å². The Hall–Kier alpha value is -1.26. The third kappa shape index (κ3) is 3.01. The summed E-state index contributed by atoms with van der Waals surface area (Å²) in [5.74, 6) is 0. The van der Waals surface area contributed by atoms with Gasteiger partial charge in [0.2, 0.25) is 0 Å². The second kappa shape index (κ2) is 5.80. The molecule has 2 N–H and O–H groups in total. The van der Waals surface area contributed by atoms with E-state index in [1.807, 2.05) is 6.20 Å². The minimum Gasteiger partial charge on any atom is -0.375 e. The third-order valence-corrected chi connectivity index (χ3v) is 4.19. The van der Waals surface area contributed by atoms with Crippen LogP contribution >= 0.6 is 23.7 Å². The molecule has 0 saturated heterocycles. The van der Waals surface area contributed by atoms with E-state index < -0.39 is 0 Å². The van der Waals surface area contributed by atoms with Crippen LogP contribution in [0.5, 0.6) is 0 Å². The van der Waals surface area contributed by atoms with Gasteiger partial charge >= 0.3 is 0 Å². The molecule has 3 rings (SSSR count). The molecular weight excluding hydrogens is 278 g/mol. The Balaban J connectivity index is 0.00000133. The molecular formula is C14H18ClN3S. The Bertz CT molecular complexity index is 568. The molecule has 102 valence electrons. The number of thiazole rings is 1. The van der Waals surface area contributed by atoms with Crippen LogP contribution in [0.1, 0.15) is 22.4 Å². The predicted molar refractivity (Wildman–Crippen MR) is 84.3 cm³/mol. The lowest BCUT2D eigenvalue weighted by Crippen LogP contribution is -2.28. The van der Waals surface area contributed by atoms with Crippen molar-refractivity contribution in [3.63, 3.8) is 0 Å². The molecule has 1 aromatic carbocycles.